The van der Waals surface area contributed by atoms with Crippen molar-refractivity contribution in [3.8, 4) is 5.75 Å². The smallest absolute Gasteiger partial charge is 0.128 e. The molecule has 6 rings (SSSR count). The summed E-state index contributed by atoms with van der Waals surface area (Å²) in [5.74, 6) is 1.84. The quantitative estimate of drug-likeness (QED) is 0.187. The van der Waals surface area contributed by atoms with Crippen LogP contribution in [0.2, 0.25) is 0 Å². The van der Waals surface area contributed by atoms with Crippen LogP contribution in [0.4, 0.5) is 11.4 Å². The molecule has 3 nitrogen and oxygen atoms in total. The van der Waals surface area contributed by atoms with Crippen molar-refractivity contribution in [2.45, 2.75) is 38.8 Å². The highest BCUT2D eigenvalue weighted by atomic mass is 79.9. The van der Waals surface area contributed by atoms with Crippen molar-refractivity contribution in [3.63, 3.8) is 0 Å². The van der Waals surface area contributed by atoms with E-state index in [1.54, 1.807) is 0 Å². The van der Waals surface area contributed by atoms with Gasteiger partial charge in [0, 0.05) is 27.9 Å². The zero-order valence-corrected chi connectivity index (χ0v) is 23.3. The van der Waals surface area contributed by atoms with Gasteiger partial charge in [0.05, 0.1) is 11.7 Å². The van der Waals surface area contributed by atoms with Gasteiger partial charge in [-0.05, 0) is 79.3 Å². The second kappa shape index (κ2) is 10.6. The van der Waals surface area contributed by atoms with E-state index in [-0.39, 0.29) is 0 Å². The Morgan fingerprint density at radius 1 is 0.947 bits per heavy atom. The predicted molar refractivity (Wildman–Crippen MR) is 161 cm³/mol. The minimum atomic E-state index is 0.290. The van der Waals surface area contributed by atoms with E-state index in [2.05, 4.69) is 114 Å². The normalized spacial score (nSPS) is 19.7. The number of aliphatic imine (C=N–C) groups is 1. The van der Waals surface area contributed by atoms with Crippen molar-refractivity contribution in [1.29, 1.82) is 0 Å². The molecule has 0 bridgehead atoms. The van der Waals surface area contributed by atoms with E-state index in [9.17, 15) is 0 Å². The molecule has 1 heterocycles. The van der Waals surface area contributed by atoms with Gasteiger partial charge in [-0.3, -0.25) is 4.99 Å². The van der Waals surface area contributed by atoms with Crippen molar-refractivity contribution < 1.29 is 4.74 Å². The summed E-state index contributed by atoms with van der Waals surface area (Å²) >= 11 is 3.60. The van der Waals surface area contributed by atoms with Crippen LogP contribution in [-0.2, 0) is 6.61 Å². The van der Waals surface area contributed by atoms with Crippen LogP contribution in [0.15, 0.2) is 107 Å². The molecule has 190 valence electrons. The molecule has 0 aromatic heterocycles. The number of fused-ring (bicyclic) bond motifs is 3. The Labute approximate surface area is 233 Å². The molecule has 1 aliphatic carbocycles. The molecular weight excluding hydrogens is 532 g/mol. The van der Waals surface area contributed by atoms with E-state index in [0.29, 0.717) is 24.5 Å². The number of rotatable bonds is 6. The largest absolute Gasteiger partial charge is 0.488 e. The number of hydrogen-bond donors (Lipinski definition) is 1. The van der Waals surface area contributed by atoms with Gasteiger partial charge in [-0.2, -0.15) is 0 Å². The average Bonchev–Trinajstić information content (AvgIpc) is 3.41. The molecule has 4 heteroatoms. The second-order valence-electron chi connectivity index (χ2n) is 10.4. The summed E-state index contributed by atoms with van der Waals surface area (Å²) < 4.78 is 7.21. The third-order valence-electron chi connectivity index (χ3n) is 7.52. The van der Waals surface area contributed by atoms with Gasteiger partial charge in [0.1, 0.15) is 12.4 Å². The van der Waals surface area contributed by atoms with E-state index in [0.717, 1.165) is 27.9 Å². The lowest BCUT2D eigenvalue weighted by Gasteiger charge is -2.37. The fourth-order valence-electron chi connectivity index (χ4n) is 5.85. The van der Waals surface area contributed by atoms with Crippen molar-refractivity contribution in [2.24, 2.45) is 10.9 Å². The molecule has 0 spiro atoms. The van der Waals surface area contributed by atoms with Crippen LogP contribution in [0.25, 0.3) is 0 Å². The Morgan fingerprint density at radius 3 is 2.55 bits per heavy atom. The number of benzene rings is 4. The first kappa shape index (κ1) is 24.7. The van der Waals surface area contributed by atoms with Crippen LogP contribution in [0.3, 0.4) is 0 Å². The molecule has 2 aliphatic rings. The third kappa shape index (κ3) is 5.19. The van der Waals surface area contributed by atoms with Gasteiger partial charge in [0.2, 0.25) is 0 Å². The molecule has 3 atom stereocenters. The van der Waals surface area contributed by atoms with Gasteiger partial charge in [-0.25, -0.2) is 0 Å². The van der Waals surface area contributed by atoms with Gasteiger partial charge in [-0.15, -0.1) is 0 Å². The van der Waals surface area contributed by atoms with E-state index >= 15 is 0 Å². The number of ether oxygens (including phenoxy) is 1. The zero-order chi connectivity index (χ0) is 26.1. The number of hydrogen-bond acceptors (Lipinski definition) is 3. The highest BCUT2D eigenvalue weighted by Gasteiger charge is 2.37. The molecule has 0 radical (unpaired) electrons. The molecule has 0 amide bonds. The molecule has 0 fully saturated rings. The Bertz CT molecular complexity index is 1500. The van der Waals surface area contributed by atoms with E-state index < -0.39 is 0 Å². The minimum Gasteiger partial charge on any atom is -0.488 e. The highest BCUT2D eigenvalue weighted by molar-refractivity contribution is 9.10. The van der Waals surface area contributed by atoms with Crippen molar-refractivity contribution in [3.05, 3.63) is 135 Å². The molecular formula is C34H31BrN2O. The highest BCUT2D eigenvalue weighted by Crippen LogP contribution is 2.49. The van der Waals surface area contributed by atoms with Gasteiger partial charge in [0.25, 0.3) is 0 Å². The minimum absolute atomic E-state index is 0.290. The van der Waals surface area contributed by atoms with Crippen LogP contribution >= 0.6 is 15.9 Å². The van der Waals surface area contributed by atoms with E-state index in [1.165, 1.54) is 33.5 Å². The van der Waals surface area contributed by atoms with Gasteiger partial charge < -0.3 is 10.1 Å². The van der Waals surface area contributed by atoms with Gasteiger partial charge in [-0.1, -0.05) is 87.7 Å². The Morgan fingerprint density at radius 2 is 1.74 bits per heavy atom. The Kier molecular flexibility index (Phi) is 6.90. The van der Waals surface area contributed by atoms with Crippen molar-refractivity contribution in [1.82, 2.24) is 0 Å². The molecule has 4 aromatic carbocycles. The van der Waals surface area contributed by atoms with Crippen LogP contribution < -0.4 is 10.1 Å². The number of nitrogens with zero attached hydrogens (tertiary/aromatic N) is 1. The second-order valence-corrected chi connectivity index (χ2v) is 11.3. The summed E-state index contributed by atoms with van der Waals surface area (Å²) in [5, 5.41) is 3.81. The number of allylic oxidation sites excluding steroid dienone is 2. The predicted octanol–water partition coefficient (Wildman–Crippen LogP) is 9.22. The molecule has 4 aromatic rings. The maximum Gasteiger partial charge on any atom is 0.128 e. The lowest BCUT2D eigenvalue weighted by Crippen LogP contribution is -2.28. The number of anilines is 1. The molecule has 0 saturated carbocycles. The van der Waals surface area contributed by atoms with Crippen molar-refractivity contribution in [2.75, 3.05) is 5.32 Å². The first-order valence-electron chi connectivity index (χ1n) is 13.2. The number of nitrogens with one attached hydrogen (secondary N) is 1. The number of para-hydroxylation sites is 1. The van der Waals surface area contributed by atoms with Gasteiger partial charge >= 0.3 is 0 Å². The molecule has 1 N–H and O–H groups in total. The van der Waals surface area contributed by atoms with Crippen LogP contribution in [0.5, 0.6) is 5.75 Å². The average molecular weight is 564 g/mol. The fourth-order valence-corrected chi connectivity index (χ4v) is 6.23. The number of aryl methyl sites for hydroxylation is 2. The molecule has 0 saturated heterocycles. The zero-order valence-electron chi connectivity index (χ0n) is 21.7. The standard InChI is InChI=1S/C34H31BrN2O/c1-22-16-23(2)18-24(17-22)21-38-33-15-12-27(35)19-26(33)20-36-28-13-10-25(11-14-28)34-31-8-5-7-29(31)30-6-3-4-9-32(30)37-34/h3-7,9-20,29,31,34,37H,8,21H2,1-2H3/t29-,31+,34+/m1/s1. The SMILES string of the molecule is Cc1cc(C)cc(COc2ccc(Br)cc2C=Nc2ccc([C@@H]3Nc4ccccc4[C@H]4C=CC[C@@H]43)cc2)c1. The molecule has 0 unspecified atom stereocenters. The first-order chi connectivity index (χ1) is 18.5. The lowest BCUT2D eigenvalue weighted by atomic mass is 9.77. The summed E-state index contributed by atoms with van der Waals surface area (Å²) in [6, 6.07) is 30.2. The van der Waals surface area contributed by atoms with Crippen LogP contribution in [0, 0.1) is 19.8 Å². The fraction of sp³-hybridized carbons (Fsp3) is 0.206. The summed E-state index contributed by atoms with van der Waals surface area (Å²) in [7, 11) is 0. The van der Waals surface area contributed by atoms with E-state index in [4.69, 9.17) is 9.73 Å². The summed E-state index contributed by atoms with van der Waals surface area (Å²) in [5.41, 5.74) is 9.49. The van der Waals surface area contributed by atoms with Crippen LogP contribution in [-0.4, -0.2) is 6.21 Å². The number of halogens is 1. The first-order valence-corrected chi connectivity index (χ1v) is 14.0. The summed E-state index contributed by atoms with van der Waals surface area (Å²) in [6.45, 7) is 4.76. The summed E-state index contributed by atoms with van der Waals surface area (Å²) in [4.78, 5) is 4.79. The van der Waals surface area contributed by atoms with Crippen molar-refractivity contribution >= 4 is 33.5 Å². The monoisotopic (exact) mass is 562 g/mol. The molecule has 1 aliphatic heterocycles. The van der Waals surface area contributed by atoms with Gasteiger partial charge in [0.15, 0.2) is 0 Å². The Hall–Kier alpha value is -3.63. The third-order valence-corrected chi connectivity index (χ3v) is 8.02. The maximum atomic E-state index is 6.22. The van der Waals surface area contributed by atoms with Crippen LogP contribution in [0.1, 0.15) is 51.8 Å². The lowest BCUT2D eigenvalue weighted by molar-refractivity contribution is 0.305. The maximum absolute atomic E-state index is 6.22. The molecule has 38 heavy (non-hydrogen) atoms. The Balaban J connectivity index is 1.19. The summed E-state index contributed by atoms with van der Waals surface area (Å²) in [6.07, 6.45) is 7.71. The van der Waals surface area contributed by atoms with E-state index in [1.807, 2.05) is 24.4 Å². The topological polar surface area (TPSA) is 33.6 Å².